The quantitative estimate of drug-likeness (QED) is 0.552. The Morgan fingerprint density at radius 1 is 1.14 bits per heavy atom. The first-order chi connectivity index (χ1) is 13.4. The number of benzene rings is 1. The summed E-state index contributed by atoms with van der Waals surface area (Å²) >= 11 is 1.24. The molecule has 0 aliphatic carbocycles. The van der Waals surface area contributed by atoms with E-state index in [0.29, 0.717) is 23.4 Å². The van der Waals surface area contributed by atoms with Gasteiger partial charge in [-0.25, -0.2) is 4.79 Å². The standard InChI is InChI=1S/C20H21N3O4S/c1-3-20(14-7-5-4-6-8-14)18(26)23(19(27)22-20)12-16(25)17-10-9-15(28-17)11-21-13(2)24/h4-10H,3,11-12H2,1-2H3,(H,21,24)(H,22,27)/t20-/m1/s1. The van der Waals surface area contributed by atoms with Crippen LogP contribution in [-0.4, -0.2) is 35.1 Å². The number of nitrogens with one attached hydrogen (secondary N) is 2. The first kappa shape index (κ1) is 19.8. The van der Waals surface area contributed by atoms with Gasteiger partial charge in [0.25, 0.3) is 5.91 Å². The highest BCUT2D eigenvalue weighted by Gasteiger charge is 2.51. The molecule has 0 spiro atoms. The fourth-order valence-corrected chi connectivity index (χ4v) is 4.07. The maximum atomic E-state index is 13.1. The van der Waals surface area contributed by atoms with Crippen LogP contribution in [0.25, 0.3) is 0 Å². The molecule has 1 saturated heterocycles. The zero-order valence-electron chi connectivity index (χ0n) is 15.7. The Kier molecular flexibility index (Phi) is 5.60. The van der Waals surface area contributed by atoms with E-state index in [1.54, 1.807) is 24.3 Å². The summed E-state index contributed by atoms with van der Waals surface area (Å²) < 4.78 is 0. The van der Waals surface area contributed by atoms with Gasteiger partial charge in [0, 0.05) is 11.8 Å². The van der Waals surface area contributed by atoms with Crippen molar-refractivity contribution in [1.29, 1.82) is 0 Å². The molecule has 8 heteroatoms. The number of Topliss-reactive ketones (excluding diaryl/α,β-unsaturated/α-hetero) is 1. The molecule has 2 N–H and O–H groups in total. The van der Waals surface area contributed by atoms with Crippen molar-refractivity contribution in [3.8, 4) is 0 Å². The molecule has 1 aromatic heterocycles. The molecule has 2 heterocycles. The highest BCUT2D eigenvalue weighted by Crippen LogP contribution is 2.32. The van der Waals surface area contributed by atoms with E-state index in [2.05, 4.69) is 10.6 Å². The predicted octanol–water partition coefficient (Wildman–Crippen LogP) is 2.42. The monoisotopic (exact) mass is 399 g/mol. The third-order valence-corrected chi connectivity index (χ3v) is 5.85. The summed E-state index contributed by atoms with van der Waals surface area (Å²) in [6.07, 6.45) is 0.381. The smallest absolute Gasteiger partial charge is 0.325 e. The summed E-state index contributed by atoms with van der Waals surface area (Å²) in [5.74, 6) is -0.894. The van der Waals surface area contributed by atoms with E-state index >= 15 is 0 Å². The van der Waals surface area contributed by atoms with Crippen molar-refractivity contribution in [2.75, 3.05) is 6.54 Å². The SMILES string of the molecule is CC[C@]1(c2ccccc2)NC(=O)N(CC(=O)c2ccc(CNC(C)=O)s2)C1=O. The van der Waals surface area contributed by atoms with Gasteiger partial charge in [0.2, 0.25) is 5.91 Å². The predicted molar refractivity (Wildman–Crippen MR) is 105 cm³/mol. The topological polar surface area (TPSA) is 95.6 Å². The second-order valence-corrected chi connectivity index (χ2v) is 7.71. The summed E-state index contributed by atoms with van der Waals surface area (Å²) in [6, 6.07) is 11.9. The van der Waals surface area contributed by atoms with Crippen LogP contribution in [0.3, 0.4) is 0 Å². The van der Waals surface area contributed by atoms with Gasteiger partial charge in [-0.2, -0.15) is 0 Å². The van der Waals surface area contributed by atoms with Crippen LogP contribution in [0.4, 0.5) is 4.79 Å². The van der Waals surface area contributed by atoms with E-state index in [9.17, 15) is 19.2 Å². The molecule has 1 aromatic carbocycles. The fourth-order valence-electron chi connectivity index (χ4n) is 3.19. The van der Waals surface area contributed by atoms with Crippen molar-refractivity contribution >= 4 is 35.0 Å². The lowest BCUT2D eigenvalue weighted by molar-refractivity contribution is -0.131. The van der Waals surface area contributed by atoms with Crippen LogP contribution in [0, 0.1) is 0 Å². The number of hydrogen-bond acceptors (Lipinski definition) is 5. The molecule has 0 radical (unpaired) electrons. The van der Waals surface area contributed by atoms with Gasteiger partial charge in [0.05, 0.1) is 18.0 Å². The molecule has 28 heavy (non-hydrogen) atoms. The maximum absolute atomic E-state index is 13.1. The van der Waals surface area contributed by atoms with E-state index < -0.39 is 17.5 Å². The van der Waals surface area contributed by atoms with Gasteiger partial charge in [0.1, 0.15) is 5.54 Å². The molecule has 1 aliphatic heterocycles. The van der Waals surface area contributed by atoms with Gasteiger partial charge in [0.15, 0.2) is 5.78 Å². The van der Waals surface area contributed by atoms with Crippen molar-refractivity contribution in [2.45, 2.75) is 32.4 Å². The Labute approximate surface area is 166 Å². The highest BCUT2D eigenvalue weighted by atomic mass is 32.1. The Balaban J connectivity index is 1.76. The summed E-state index contributed by atoms with van der Waals surface area (Å²) in [4.78, 5) is 51.4. The molecule has 4 amide bonds. The number of hydrogen-bond donors (Lipinski definition) is 2. The molecular formula is C20H21N3O4S. The Morgan fingerprint density at radius 2 is 1.86 bits per heavy atom. The van der Waals surface area contributed by atoms with Gasteiger partial charge in [-0.3, -0.25) is 19.3 Å². The van der Waals surface area contributed by atoms with Gasteiger partial charge in [-0.05, 0) is 24.1 Å². The first-order valence-corrected chi connectivity index (χ1v) is 9.75. The molecule has 1 atom stereocenters. The third-order valence-electron chi connectivity index (χ3n) is 4.72. The number of imide groups is 1. The molecule has 3 rings (SSSR count). The fraction of sp³-hybridized carbons (Fsp3) is 0.300. The molecule has 146 valence electrons. The maximum Gasteiger partial charge on any atom is 0.325 e. The first-order valence-electron chi connectivity index (χ1n) is 8.93. The minimum atomic E-state index is -1.15. The number of thiophene rings is 1. The van der Waals surface area contributed by atoms with Crippen LogP contribution < -0.4 is 10.6 Å². The number of carbonyl (C=O) groups is 4. The van der Waals surface area contributed by atoms with Gasteiger partial charge >= 0.3 is 6.03 Å². The average Bonchev–Trinajstić information content (AvgIpc) is 3.26. The van der Waals surface area contributed by atoms with E-state index in [4.69, 9.17) is 0 Å². The Bertz CT molecular complexity index is 925. The van der Waals surface area contributed by atoms with Crippen LogP contribution in [-0.2, 0) is 21.7 Å². The minimum Gasteiger partial charge on any atom is -0.351 e. The van der Waals surface area contributed by atoms with Crippen molar-refractivity contribution in [2.24, 2.45) is 0 Å². The van der Waals surface area contributed by atoms with E-state index in [1.807, 2.05) is 25.1 Å². The van der Waals surface area contributed by atoms with Crippen LogP contribution in [0.5, 0.6) is 0 Å². The minimum absolute atomic E-state index is 0.155. The van der Waals surface area contributed by atoms with Crippen molar-refractivity contribution in [3.63, 3.8) is 0 Å². The molecule has 0 unspecified atom stereocenters. The van der Waals surface area contributed by atoms with Crippen molar-refractivity contribution < 1.29 is 19.2 Å². The van der Waals surface area contributed by atoms with Crippen molar-refractivity contribution in [1.82, 2.24) is 15.5 Å². The van der Waals surface area contributed by atoms with Gasteiger partial charge < -0.3 is 10.6 Å². The number of rotatable bonds is 7. The average molecular weight is 399 g/mol. The molecule has 0 bridgehead atoms. The Morgan fingerprint density at radius 3 is 2.50 bits per heavy atom. The molecule has 1 fully saturated rings. The second-order valence-electron chi connectivity index (χ2n) is 6.55. The molecule has 0 saturated carbocycles. The number of carbonyl (C=O) groups excluding carboxylic acids is 4. The summed E-state index contributed by atoms with van der Waals surface area (Å²) in [5, 5.41) is 5.44. The zero-order valence-corrected chi connectivity index (χ0v) is 16.5. The molecule has 1 aliphatic rings. The lowest BCUT2D eigenvalue weighted by Crippen LogP contribution is -2.43. The summed E-state index contributed by atoms with van der Waals surface area (Å²) in [6.45, 7) is 3.26. The molecule has 2 aromatic rings. The van der Waals surface area contributed by atoms with Gasteiger partial charge in [-0.1, -0.05) is 37.3 Å². The third kappa shape index (κ3) is 3.68. The zero-order chi connectivity index (χ0) is 20.3. The lowest BCUT2D eigenvalue weighted by Gasteiger charge is -2.25. The number of urea groups is 1. The highest BCUT2D eigenvalue weighted by molar-refractivity contribution is 7.14. The van der Waals surface area contributed by atoms with Crippen LogP contribution in [0.1, 0.15) is 40.4 Å². The molecule has 7 nitrogen and oxygen atoms in total. The second kappa shape index (κ2) is 7.93. The van der Waals surface area contributed by atoms with E-state index in [-0.39, 0.29) is 18.2 Å². The van der Waals surface area contributed by atoms with Crippen LogP contribution in [0.2, 0.25) is 0 Å². The number of nitrogens with zero attached hydrogens (tertiary/aromatic N) is 1. The normalized spacial score (nSPS) is 18.9. The number of ketones is 1. The summed E-state index contributed by atoms with van der Waals surface area (Å²) in [7, 11) is 0. The molecular weight excluding hydrogens is 378 g/mol. The largest absolute Gasteiger partial charge is 0.351 e. The number of amides is 4. The van der Waals surface area contributed by atoms with E-state index in [0.717, 1.165) is 9.78 Å². The summed E-state index contributed by atoms with van der Waals surface area (Å²) in [5.41, 5.74) is -0.454. The van der Waals surface area contributed by atoms with Crippen LogP contribution >= 0.6 is 11.3 Å². The Hall–Kier alpha value is -3.00. The van der Waals surface area contributed by atoms with Crippen molar-refractivity contribution in [3.05, 3.63) is 57.8 Å². The lowest BCUT2D eigenvalue weighted by atomic mass is 9.87. The van der Waals surface area contributed by atoms with Gasteiger partial charge in [-0.15, -0.1) is 11.3 Å². The van der Waals surface area contributed by atoms with Crippen LogP contribution in [0.15, 0.2) is 42.5 Å². The van der Waals surface area contributed by atoms with E-state index in [1.165, 1.54) is 18.3 Å².